The van der Waals surface area contributed by atoms with E-state index in [-0.39, 0.29) is 0 Å². The highest BCUT2D eigenvalue weighted by atomic mass is 16.9. The highest BCUT2D eigenvalue weighted by Crippen LogP contribution is 2.22. The van der Waals surface area contributed by atoms with Gasteiger partial charge in [0, 0.05) is 55.5 Å². The van der Waals surface area contributed by atoms with Gasteiger partial charge in [0.2, 0.25) is 0 Å². The van der Waals surface area contributed by atoms with Gasteiger partial charge >= 0.3 is 0 Å². The van der Waals surface area contributed by atoms with Crippen molar-refractivity contribution in [2.24, 2.45) is 0 Å². The zero-order valence-corrected chi connectivity index (χ0v) is 24.1. The first-order valence-corrected chi connectivity index (χ1v) is 14.1. The average Bonchev–Trinajstić information content (AvgIpc) is 2.90. The maximum Gasteiger partial charge on any atom is 0.282 e. The molecule has 0 spiro atoms. The van der Waals surface area contributed by atoms with E-state index >= 15 is 0 Å². The van der Waals surface area contributed by atoms with Crippen LogP contribution in [0.5, 0.6) is 0 Å². The lowest BCUT2D eigenvalue weighted by atomic mass is 10.1. The Morgan fingerprint density at radius 2 is 0.571 bits per heavy atom. The maximum absolute atomic E-state index is 5.33. The standard InChI is InChI=1S/C28H59NO6/c1-30-27(31-2,32-3)23-19-15-11-7-9-13-17-21-25-29-26-22-18-14-10-8-12-16-20-24-28(33-4,34-5)35-6/h29H,7-26H2,1-6H3. The first-order valence-electron chi connectivity index (χ1n) is 14.1. The Morgan fingerprint density at radius 1 is 0.343 bits per heavy atom. The topological polar surface area (TPSA) is 67.4 Å². The maximum atomic E-state index is 5.33. The third kappa shape index (κ3) is 17.7. The summed E-state index contributed by atoms with van der Waals surface area (Å²) in [5, 5.41) is 3.61. The average molecular weight is 506 g/mol. The van der Waals surface area contributed by atoms with E-state index in [1.165, 1.54) is 103 Å². The summed E-state index contributed by atoms with van der Waals surface area (Å²) in [6.45, 7) is 2.33. The second kappa shape index (κ2) is 24.1. The second-order valence-electron chi connectivity index (χ2n) is 9.50. The molecule has 0 amide bonds. The molecule has 0 radical (unpaired) electrons. The van der Waals surface area contributed by atoms with Crippen molar-refractivity contribution in [3.8, 4) is 0 Å². The van der Waals surface area contributed by atoms with Crippen LogP contribution in [0.2, 0.25) is 0 Å². The minimum Gasteiger partial charge on any atom is -0.331 e. The van der Waals surface area contributed by atoms with Gasteiger partial charge in [-0.15, -0.1) is 0 Å². The normalized spacial score (nSPS) is 12.5. The van der Waals surface area contributed by atoms with E-state index in [2.05, 4.69) is 5.32 Å². The molecule has 0 unspecified atom stereocenters. The molecule has 0 aliphatic carbocycles. The van der Waals surface area contributed by atoms with Gasteiger partial charge in [-0.05, 0) is 38.8 Å². The summed E-state index contributed by atoms with van der Waals surface area (Å²) in [7, 11) is 9.79. The number of nitrogens with one attached hydrogen (secondary N) is 1. The molecule has 7 heteroatoms. The summed E-state index contributed by atoms with van der Waals surface area (Å²) in [6, 6.07) is 0. The lowest BCUT2D eigenvalue weighted by molar-refractivity contribution is -0.355. The SMILES string of the molecule is COC(CCCCCCCCCCNCCCCCCCCCCC(OC)(OC)OC)(OC)OC. The van der Waals surface area contributed by atoms with Crippen molar-refractivity contribution < 1.29 is 28.4 Å². The van der Waals surface area contributed by atoms with E-state index < -0.39 is 11.9 Å². The van der Waals surface area contributed by atoms with Gasteiger partial charge < -0.3 is 33.7 Å². The van der Waals surface area contributed by atoms with E-state index in [4.69, 9.17) is 28.4 Å². The van der Waals surface area contributed by atoms with E-state index in [1.54, 1.807) is 42.7 Å². The van der Waals surface area contributed by atoms with Gasteiger partial charge in [0.15, 0.2) is 0 Å². The molecule has 0 aliphatic rings. The highest BCUT2D eigenvalue weighted by molar-refractivity contribution is 4.58. The van der Waals surface area contributed by atoms with Gasteiger partial charge in [-0.2, -0.15) is 0 Å². The van der Waals surface area contributed by atoms with Crippen LogP contribution >= 0.6 is 0 Å². The molecule has 1 N–H and O–H groups in total. The summed E-state index contributed by atoms with van der Waals surface area (Å²) in [4.78, 5) is 0. The summed E-state index contributed by atoms with van der Waals surface area (Å²) >= 11 is 0. The molecular formula is C28H59NO6. The van der Waals surface area contributed by atoms with E-state index in [9.17, 15) is 0 Å². The van der Waals surface area contributed by atoms with Crippen LogP contribution in [0.1, 0.15) is 116 Å². The van der Waals surface area contributed by atoms with Crippen molar-refractivity contribution in [1.29, 1.82) is 0 Å². The number of unbranched alkanes of at least 4 members (excludes halogenated alkanes) is 14. The predicted octanol–water partition coefficient (Wildman–Crippen LogP) is 6.78. The molecule has 0 aromatic rings. The molecule has 0 atom stereocenters. The molecule has 0 aromatic carbocycles. The molecule has 0 rings (SSSR count). The molecule has 0 heterocycles. The first-order chi connectivity index (χ1) is 17.1. The molecule has 35 heavy (non-hydrogen) atoms. The van der Waals surface area contributed by atoms with Gasteiger partial charge in [-0.1, -0.05) is 77.0 Å². The number of hydrogen-bond donors (Lipinski definition) is 1. The molecule has 0 aliphatic heterocycles. The Bertz CT molecular complexity index is 375. The fraction of sp³-hybridized carbons (Fsp3) is 1.00. The van der Waals surface area contributed by atoms with Crippen molar-refractivity contribution in [3.63, 3.8) is 0 Å². The van der Waals surface area contributed by atoms with Gasteiger partial charge in [-0.3, -0.25) is 0 Å². The summed E-state index contributed by atoms with van der Waals surface area (Å²) in [5.41, 5.74) is 0. The smallest absolute Gasteiger partial charge is 0.282 e. The van der Waals surface area contributed by atoms with Crippen molar-refractivity contribution in [1.82, 2.24) is 5.32 Å². The molecule has 0 fully saturated rings. The Hall–Kier alpha value is -0.280. The van der Waals surface area contributed by atoms with Crippen molar-refractivity contribution in [2.45, 2.75) is 128 Å². The van der Waals surface area contributed by atoms with Crippen LogP contribution in [-0.2, 0) is 28.4 Å². The fourth-order valence-electron chi connectivity index (χ4n) is 4.54. The number of ether oxygens (including phenoxy) is 6. The van der Waals surface area contributed by atoms with Crippen LogP contribution in [0.15, 0.2) is 0 Å². The van der Waals surface area contributed by atoms with Gasteiger partial charge in [0.25, 0.3) is 11.9 Å². The third-order valence-electron chi connectivity index (χ3n) is 7.04. The lowest BCUT2D eigenvalue weighted by Gasteiger charge is -2.28. The third-order valence-corrected chi connectivity index (χ3v) is 7.04. The van der Waals surface area contributed by atoms with E-state index in [0.29, 0.717) is 0 Å². The molecular weight excluding hydrogens is 446 g/mol. The van der Waals surface area contributed by atoms with Crippen molar-refractivity contribution in [3.05, 3.63) is 0 Å². The number of methoxy groups -OCH3 is 6. The molecule has 0 aromatic heterocycles. The quantitative estimate of drug-likeness (QED) is 0.0928. The minimum absolute atomic E-state index is 0.780. The van der Waals surface area contributed by atoms with Crippen molar-refractivity contribution >= 4 is 0 Å². The zero-order valence-electron chi connectivity index (χ0n) is 24.1. The van der Waals surface area contributed by atoms with Crippen LogP contribution < -0.4 is 5.32 Å². The Kier molecular flexibility index (Phi) is 23.9. The Morgan fingerprint density at radius 3 is 0.829 bits per heavy atom. The lowest BCUT2D eigenvalue weighted by Crippen LogP contribution is -2.35. The number of rotatable bonds is 28. The Labute approximate surface area is 217 Å². The highest BCUT2D eigenvalue weighted by Gasteiger charge is 2.29. The van der Waals surface area contributed by atoms with E-state index in [1.807, 2.05) is 0 Å². The Balaban J connectivity index is 3.29. The van der Waals surface area contributed by atoms with E-state index in [0.717, 1.165) is 25.7 Å². The monoisotopic (exact) mass is 505 g/mol. The van der Waals surface area contributed by atoms with Gasteiger partial charge in [-0.25, -0.2) is 0 Å². The molecule has 212 valence electrons. The summed E-state index contributed by atoms with van der Waals surface area (Å²) in [5.74, 6) is -1.72. The number of hydrogen-bond acceptors (Lipinski definition) is 7. The summed E-state index contributed by atoms with van der Waals surface area (Å²) < 4.78 is 32.0. The first kappa shape index (κ1) is 34.7. The van der Waals surface area contributed by atoms with Gasteiger partial charge in [0.1, 0.15) is 0 Å². The minimum atomic E-state index is -0.860. The fourth-order valence-corrected chi connectivity index (χ4v) is 4.54. The zero-order chi connectivity index (χ0) is 26.1. The molecule has 0 bridgehead atoms. The van der Waals surface area contributed by atoms with Crippen LogP contribution in [0.4, 0.5) is 0 Å². The van der Waals surface area contributed by atoms with Crippen LogP contribution in [0.25, 0.3) is 0 Å². The summed E-state index contributed by atoms with van der Waals surface area (Å²) in [6.07, 6.45) is 22.0. The molecule has 0 saturated carbocycles. The predicted molar refractivity (Wildman–Crippen MR) is 143 cm³/mol. The molecule has 0 saturated heterocycles. The van der Waals surface area contributed by atoms with Crippen LogP contribution in [-0.4, -0.2) is 67.7 Å². The van der Waals surface area contributed by atoms with Crippen LogP contribution in [0.3, 0.4) is 0 Å². The second-order valence-corrected chi connectivity index (χ2v) is 9.50. The molecule has 7 nitrogen and oxygen atoms in total. The van der Waals surface area contributed by atoms with Gasteiger partial charge in [0.05, 0.1) is 0 Å². The van der Waals surface area contributed by atoms with Crippen molar-refractivity contribution in [2.75, 3.05) is 55.7 Å². The largest absolute Gasteiger partial charge is 0.331 e. The van der Waals surface area contributed by atoms with Crippen LogP contribution in [0, 0.1) is 0 Å².